The second-order valence-electron chi connectivity index (χ2n) is 7.24. The first kappa shape index (κ1) is 19.5. The number of rotatable bonds is 6. The third kappa shape index (κ3) is 4.28. The summed E-state index contributed by atoms with van der Waals surface area (Å²) in [6, 6.07) is 16.4. The Kier molecular flexibility index (Phi) is 6.12. The van der Waals surface area contributed by atoms with Crippen LogP contribution >= 0.6 is 0 Å². The molecule has 0 unspecified atom stereocenters. The summed E-state index contributed by atoms with van der Waals surface area (Å²) in [6.07, 6.45) is 2.64. The van der Waals surface area contributed by atoms with E-state index in [1.165, 1.54) is 4.90 Å². The summed E-state index contributed by atoms with van der Waals surface area (Å²) in [5, 5.41) is 0. The van der Waals surface area contributed by atoms with Crippen LogP contribution in [0.3, 0.4) is 0 Å². The first-order valence-corrected chi connectivity index (χ1v) is 10.1. The number of morpholine rings is 1. The van der Waals surface area contributed by atoms with Gasteiger partial charge in [0, 0.05) is 38.0 Å². The van der Waals surface area contributed by atoms with E-state index in [9.17, 15) is 9.59 Å². The number of carbonyl (C=O) groups is 2. The molecule has 1 fully saturated rings. The number of imide groups is 1. The quantitative estimate of drug-likeness (QED) is 0.432. The number of anilines is 1. The van der Waals surface area contributed by atoms with Crippen molar-refractivity contribution in [1.82, 2.24) is 4.90 Å². The standard InChI is InChI=1S/C23H25N3O3/c27-22-20-10-5-4-9-19(20)21(23(28)26(22)18-7-2-1-3-8-18)17-24-11-6-12-25-13-15-29-16-14-25/h1-5,7-10,17,21H,6,11-16H2/t21-/m1/s1. The fourth-order valence-corrected chi connectivity index (χ4v) is 3.81. The molecule has 0 radical (unpaired) electrons. The maximum absolute atomic E-state index is 13.2. The van der Waals surface area contributed by atoms with Crippen molar-refractivity contribution in [2.45, 2.75) is 12.3 Å². The highest BCUT2D eigenvalue weighted by Crippen LogP contribution is 2.31. The topological polar surface area (TPSA) is 62.2 Å². The van der Waals surface area contributed by atoms with E-state index in [1.807, 2.05) is 36.4 Å². The molecule has 0 spiro atoms. The minimum atomic E-state index is -0.549. The zero-order chi connectivity index (χ0) is 20.1. The Hall–Kier alpha value is -2.83. The monoisotopic (exact) mass is 391 g/mol. The van der Waals surface area contributed by atoms with Gasteiger partial charge in [-0.3, -0.25) is 19.5 Å². The van der Waals surface area contributed by atoms with Crippen molar-refractivity contribution in [2.75, 3.05) is 44.3 Å². The van der Waals surface area contributed by atoms with Crippen LogP contribution in [0.25, 0.3) is 0 Å². The molecule has 29 heavy (non-hydrogen) atoms. The second-order valence-corrected chi connectivity index (χ2v) is 7.24. The van der Waals surface area contributed by atoms with Crippen LogP contribution < -0.4 is 4.90 Å². The van der Waals surface area contributed by atoms with Crippen LogP contribution in [0.1, 0.15) is 28.3 Å². The van der Waals surface area contributed by atoms with Crippen molar-refractivity contribution in [3.05, 3.63) is 65.7 Å². The third-order valence-electron chi connectivity index (χ3n) is 5.35. The van der Waals surface area contributed by atoms with E-state index in [2.05, 4.69) is 9.89 Å². The lowest BCUT2D eigenvalue weighted by Crippen LogP contribution is -2.45. The molecular weight excluding hydrogens is 366 g/mol. The fourth-order valence-electron chi connectivity index (χ4n) is 3.81. The van der Waals surface area contributed by atoms with Gasteiger partial charge in [-0.25, -0.2) is 4.90 Å². The highest BCUT2D eigenvalue weighted by molar-refractivity contribution is 6.29. The Morgan fingerprint density at radius 2 is 1.72 bits per heavy atom. The van der Waals surface area contributed by atoms with Crippen molar-refractivity contribution < 1.29 is 14.3 Å². The lowest BCUT2D eigenvalue weighted by atomic mass is 9.89. The van der Waals surface area contributed by atoms with Crippen molar-refractivity contribution in [2.24, 2.45) is 4.99 Å². The Morgan fingerprint density at radius 1 is 1.00 bits per heavy atom. The summed E-state index contributed by atoms with van der Waals surface area (Å²) in [7, 11) is 0. The molecule has 2 aromatic rings. The number of benzene rings is 2. The molecule has 1 saturated heterocycles. The van der Waals surface area contributed by atoms with Crippen molar-refractivity contribution >= 4 is 23.7 Å². The van der Waals surface area contributed by atoms with Crippen LogP contribution in [-0.4, -0.2) is 62.3 Å². The van der Waals surface area contributed by atoms with E-state index in [0.29, 0.717) is 17.8 Å². The Bertz CT molecular complexity index is 891. The summed E-state index contributed by atoms with van der Waals surface area (Å²) in [5.74, 6) is -1.09. The Labute approximate surface area is 170 Å². The van der Waals surface area contributed by atoms with Crippen molar-refractivity contribution in [3.63, 3.8) is 0 Å². The normalized spacial score (nSPS) is 20.3. The molecule has 0 aromatic heterocycles. The van der Waals surface area contributed by atoms with E-state index < -0.39 is 5.92 Å². The number of aliphatic imine (C=N–C) groups is 1. The van der Waals surface area contributed by atoms with E-state index in [4.69, 9.17) is 4.74 Å². The number of amides is 2. The van der Waals surface area contributed by atoms with Gasteiger partial charge in [0.1, 0.15) is 0 Å². The number of nitrogens with zero attached hydrogens (tertiary/aromatic N) is 3. The zero-order valence-corrected chi connectivity index (χ0v) is 16.4. The summed E-state index contributed by atoms with van der Waals surface area (Å²) in [6.45, 7) is 5.14. The van der Waals surface area contributed by atoms with Crippen molar-refractivity contribution in [3.8, 4) is 0 Å². The van der Waals surface area contributed by atoms with Crippen LogP contribution in [0.4, 0.5) is 5.69 Å². The molecule has 6 heteroatoms. The summed E-state index contributed by atoms with van der Waals surface area (Å²) in [4.78, 5) is 34.4. The maximum atomic E-state index is 13.2. The summed E-state index contributed by atoms with van der Waals surface area (Å²) >= 11 is 0. The van der Waals surface area contributed by atoms with Gasteiger partial charge in [0.25, 0.3) is 5.91 Å². The van der Waals surface area contributed by atoms with Crippen molar-refractivity contribution in [1.29, 1.82) is 0 Å². The van der Waals surface area contributed by atoms with E-state index in [0.717, 1.165) is 44.8 Å². The second kappa shape index (κ2) is 9.11. The van der Waals surface area contributed by atoms with Gasteiger partial charge in [-0.05, 0) is 30.2 Å². The van der Waals surface area contributed by atoms with Gasteiger partial charge in [-0.2, -0.15) is 0 Å². The smallest absolute Gasteiger partial charge is 0.265 e. The number of ether oxygens (including phenoxy) is 1. The predicted molar refractivity (Wildman–Crippen MR) is 113 cm³/mol. The molecule has 2 amide bonds. The Balaban J connectivity index is 1.49. The summed E-state index contributed by atoms with van der Waals surface area (Å²) < 4.78 is 5.37. The molecule has 2 aliphatic rings. The minimum Gasteiger partial charge on any atom is -0.379 e. The summed E-state index contributed by atoms with van der Waals surface area (Å²) in [5.41, 5.74) is 1.87. The van der Waals surface area contributed by atoms with Crippen LogP contribution in [0, 0.1) is 0 Å². The highest BCUT2D eigenvalue weighted by atomic mass is 16.5. The number of fused-ring (bicyclic) bond motifs is 1. The average Bonchev–Trinajstić information content (AvgIpc) is 2.77. The average molecular weight is 391 g/mol. The zero-order valence-electron chi connectivity index (χ0n) is 16.4. The van der Waals surface area contributed by atoms with Crippen LogP contribution in [-0.2, 0) is 9.53 Å². The van der Waals surface area contributed by atoms with E-state index in [1.54, 1.807) is 24.4 Å². The highest BCUT2D eigenvalue weighted by Gasteiger charge is 2.38. The fraction of sp³-hybridized carbons (Fsp3) is 0.348. The molecule has 2 heterocycles. The van der Waals surface area contributed by atoms with Crippen LogP contribution in [0.2, 0.25) is 0 Å². The van der Waals surface area contributed by atoms with Gasteiger partial charge in [0.2, 0.25) is 5.91 Å². The first-order chi connectivity index (χ1) is 14.3. The molecule has 0 saturated carbocycles. The lowest BCUT2D eigenvalue weighted by molar-refractivity contribution is -0.118. The van der Waals surface area contributed by atoms with Gasteiger partial charge in [-0.15, -0.1) is 0 Å². The molecule has 0 N–H and O–H groups in total. The molecule has 0 bridgehead atoms. The van der Waals surface area contributed by atoms with Gasteiger partial charge in [-0.1, -0.05) is 36.4 Å². The first-order valence-electron chi connectivity index (χ1n) is 10.1. The molecule has 150 valence electrons. The lowest BCUT2D eigenvalue weighted by Gasteiger charge is -2.31. The number of carbonyl (C=O) groups excluding carboxylic acids is 2. The molecule has 2 aromatic carbocycles. The minimum absolute atomic E-state index is 0.253. The SMILES string of the molecule is O=C1c2ccccc2[C@@H](C=NCCCN2CCOCC2)C(=O)N1c1ccccc1. The molecular formula is C23H25N3O3. The third-order valence-corrected chi connectivity index (χ3v) is 5.35. The molecule has 6 nitrogen and oxygen atoms in total. The number of para-hydroxylation sites is 1. The van der Waals surface area contributed by atoms with Gasteiger partial charge >= 0.3 is 0 Å². The molecule has 4 rings (SSSR count). The maximum Gasteiger partial charge on any atom is 0.265 e. The molecule has 1 atom stereocenters. The van der Waals surface area contributed by atoms with E-state index >= 15 is 0 Å². The van der Waals surface area contributed by atoms with Gasteiger partial charge < -0.3 is 4.74 Å². The number of hydrogen-bond acceptors (Lipinski definition) is 5. The molecule has 0 aliphatic carbocycles. The predicted octanol–water partition coefficient (Wildman–Crippen LogP) is 2.75. The van der Waals surface area contributed by atoms with Crippen LogP contribution in [0.5, 0.6) is 0 Å². The van der Waals surface area contributed by atoms with Gasteiger partial charge in [0.05, 0.1) is 24.8 Å². The molecule has 2 aliphatic heterocycles. The van der Waals surface area contributed by atoms with Crippen LogP contribution in [0.15, 0.2) is 59.6 Å². The van der Waals surface area contributed by atoms with E-state index in [-0.39, 0.29) is 11.8 Å². The van der Waals surface area contributed by atoms with Gasteiger partial charge in [0.15, 0.2) is 0 Å². The number of hydrogen-bond donors (Lipinski definition) is 0. The largest absolute Gasteiger partial charge is 0.379 e. The Morgan fingerprint density at radius 3 is 2.52 bits per heavy atom.